The van der Waals surface area contributed by atoms with E-state index in [9.17, 15) is 5.11 Å². The van der Waals surface area contributed by atoms with Gasteiger partial charge in [0, 0.05) is 5.92 Å². The van der Waals surface area contributed by atoms with Gasteiger partial charge in [-0.15, -0.1) is 6.58 Å². The first kappa shape index (κ1) is 12.6. The summed E-state index contributed by atoms with van der Waals surface area (Å²) >= 11 is 0. The number of hydrogen-bond donors (Lipinski definition) is 1. The van der Waals surface area contributed by atoms with Crippen LogP contribution in [0.3, 0.4) is 0 Å². The molecule has 0 radical (unpaired) electrons. The largest absolute Gasteiger partial charge is 0.392 e. The standard InChI is InChI=1S/C17H18O/c1-2-16(15-11-7-4-8-12-15)17(18)13-14-9-5-3-6-10-14/h2-12,16-18H,1,13H2/t16-,17+/m0/s1. The quantitative estimate of drug-likeness (QED) is 0.790. The first-order chi connectivity index (χ1) is 8.81. The topological polar surface area (TPSA) is 20.2 Å². The molecular weight excluding hydrogens is 220 g/mol. The maximum atomic E-state index is 10.3. The third-order valence-electron chi connectivity index (χ3n) is 3.14. The summed E-state index contributed by atoms with van der Waals surface area (Å²) in [6, 6.07) is 20.1. The van der Waals surface area contributed by atoms with E-state index in [1.165, 1.54) is 0 Å². The highest BCUT2D eigenvalue weighted by Crippen LogP contribution is 2.23. The monoisotopic (exact) mass is 238 g/mol. The Kier molecular flexibility index (Phi) is 4.32. The van der Waals surface area contributed by atoms with Crippen molar-refractivity contribution in [1.82, 2.24) is 0 Å². The molecule has 2 aromatic carbocycles. The van der Waals surface area contributed by atoms with Crippen LogP contribution in [-0.2, 0) is 6.42 Å². The fraction of sp³-hybridized carbons (Fsp3) is 0.176. The Morgan fingerprint density at radius 3 is 2.06 bits per heavy atom. The Morgan fingerprint density at radius 2 is 1.50 bits per heavy atom. The van der Waals surface area contributed by atoms with Crippen molar-refractivity contribution in [1.29, 1.82) is 0 Å². The van der Waals surface area contributed by atoms with Crippen LogP contribution in [0.5, 0.6) is 0 Å². The van der Waals surface area contributed by atoms with Gasteiger partial charge in [0.25, 0.3) is 0 Å². The average Bonchev–Trinajstić information content (AvgIpc) is 2.42. The lowest BCUT2D eigenvalue weighted by atomic mass is 9.90. The fourth-order valence-corrected chi connectivity index (χ4v) is 2.17. The van der Waals surface area contributed by atoms with E-state index in [1.807, 2.05) is 66.7 Å². The molecule has 1 nitrogen and oxygen atoms in total. The van der Waals surface area contributed by atoms with E-state index in [0.717, 1.165) is 11.1 Å². The molecule has 0 saturated heterocycles. The van der Waals surface area contributed by atoms with E-state index in [4.69, 9.17) is 0 Å². The van der Waals surface area contributed by atoms with Crippen LogP contribution in [0.2, 0.25) is 0 Å². The molecule has 0 aliphatic carbocycles. The van der Waals surface area contributed by atoms with Crippen molar-refractivity contribution >= 4 is 0 Å². The second-order valence-corrected chi connectivity index (χ2v) is 4.43. The minimum Gasteiger partial charge on any atom is -0.392 e. The molecule has 2 atom stereocenters. The molecule has 0 aliphatic heterocycles. The maximum absolute atomic E-state index is 10.3. The summed E-state index contributed by atoms with van der Waals surface area (Å²) in [4.78, 5) is 0. The average molecular weight is 238 g/mol. The van der Waals surface area contributed by atoms with Crippen LogP contribution < -0.4 is 0 Å². The summed E-state index contributed by atoms with van der Waals surface area (Å²) in [5.74, 6) is -0.0218. The van der Waals surface area contributed by atoms with Gasteiger partial charge in [-0.1, -0.05) is 66.7 Å². The molecule has 0 aromatic heterocycles. The van der Waals surface area contributed by atoms with Gasteiger partial charge in [0.15, 0.2) is 0 Å². The van der Waals surface area contributed by atoms with Gasteiger partial charge in [-0.05, 0) is 17.5 Å². The summed E-state index contributed by atoms with van der Waals surface area (Å²) in [6.45, 7) is 3.84. The molecule has 0 heterocycles. The predicted molar refractivity (Wildman–Crippen MR) is 75.5 cm³/mol. The normalized spacial score (nSPS) is 13.8. The predicted octanol–water partition coefficient (Wildman–Crippen LogP) is 3.56. The van der Waals surface area contributed by atoms with Gasteiger partial charge >= 0.3 is 0 Å². The Labute approximate surface area is 108 Å². The highest BCUT2D eigenvalue weighted by molar-refractivity contribution is 5.26. The van der Waals surface area contributed by atoms with Crippen LogP contribution in [-0.4, -0.2) is 11.2 Å². The molecule has 2 rings (SSSR count). The zero-order valence-corrected chi connectivity index (χ0v) is 10.4. The summed E-state index contributed by atoms with van der Waals surface area (Å²) in [5, 5.41) is 10.3. The second kappa shape index (κ2) is 6.18. The molecule has 0 fully saturated rings. The Balaban J connectivity index is 2.11. The number of aliphatic hydroxyl groups is 1. The number of hydrogen-bond acceptors (Lipinski definition) is 1. The lowest BCUT2D eigenvalue weighted by molar-refractivity contribution is 0.159. The van der Waals surface area contributed by atoms with E-state index < -0.39 is 6.10 Å². The van der Waals surface area contributed by atoms with Crippen molar-refractivity contribution in [3.8, 4) is 0 Å². The SMILES string of the molecule is C=C[C@@H](c1ccccc1)[C@H](O)Cc1ccccc1. The Bertz CT molecular complexity index is 475. The van der Waals surface area contributed by atoms with Crippen molar-refractivity contribution in [2.75, 3.05) is 0 Å². The molecule has 0 amide bonds. The lowest BCUT2D eigenvalue weighted by Crippen LogP contribution is -2.19. The first-order valence-electron chi connectivity index (χ1n) is 6.20. The number of rotatable bonds is 5. The van der Waals surface area contributed by atoms with Gasteiger partial charge in [0.2, 0.25) is 0 Å². The zero-order chi connectivity index (χ0) is 12.8. The van der Waals surface area contributed by atoms with Crippen LogP contribution in [0.1, 0.15) is 17.0 Å². The Hall–Kier alpha value is -1.86. The molecule has 1 N–H and O–H groups in total. The number of aliphatic hydroxyl groups excluding tert-OH is 1. The fourth-order valence-electron chi connectivity index (χ4n) is 2.17. The van der Waals surface area contributed by atoms with Crippen molar-refractivity contribution in [2.24, 2.45) is 0 Å². The molecule has 18 heavy (non-hydrogen) atoms. The van der Waals surface area contributed by atoms with E-state index in [-0.39, 0.29) is 5.92 Å². The van der Waals surface area contributed by atoms with E-state index in [1.54, 1.807) is 0 Å². The third-order valence-corrected chi connectivity index (χ3v) is 3.14. The van der Waals surface area contributed by atoms with Crippen LogP contribution in [0.4, 0.5) is 0 Å². The molecule has 2 aromatic rings. The summed E-state index contributed by atoms with van der Waals surface area (Å²) in [7, 11) is 0. The van der Waals surface area contributed by atoms with E-state index in [0.29, 0.717) is 6.42 Å². The molecular formula is C17H18O. The van der Waals surface area contributed by atoms with Gasteiger partial charge in [-0.2, -0.15) is 0 Å². The van der Waals surface area contributed by atoms with Crippen molar-refractivity contribution < 1.29 is 5.11 Å². The smallest absolute Gasteiger partial charge is 0.0683 e. The van der Waals surface area contributed by atoms with Crippen LogP contribution in [0, 0.1) is 0 Å². The molecule has 0 spiro atoms. The summed E-state index contributed by atoms with van der Waals surface area (Å²) in [6.07, 6.45) is 2.03. The minimum atomic E-state index is -0.438. The highest BCUT2D eigenvalue weighted by Gasteiger charge is 2.17. The van der Waals surface area contributed by atoms with Crippen molar-refractivity contribution in [3.05, 3.63) is 84.4 Å². The van der Waals surface area contributed by atoms with E-state index >= 15 is 0 Å². The van der Waals surface area contributed by atoms with Gasteiger partial charge in [0.05, 0.1) is 6.10 Å². The van der Waals surface area contributed by atoms with Crippen LogP contribution >= 0.6 is 0 Å². The van der Waals surface area contributed by atoms with Gasteiger partial charge in [-0.25, -0.2) is 0 Å². The minimum absolute atomic E-state index is 0.0218. The first-order valence-corrected chi connectivity index (χ1v) is 6.20. The molecule has 92 valence electrons. The van der Waals surface area contributed by atoms with Crippen LogP contribution in [0.25, 0.3) is 0 Å². The molecule has 0 saturated carbocycles. The maximum Gasteiger partial charge on any atom is 0.0683 e. The van der Waals surface area contributed by atoms with Gasteiger partial charge in [-0.3, -0.25) is 0 Å². The van der Waals surface area contributed by atoms with E-state index in [2.05, 4.69) is 6.58 Å². The molecule has 0 bridgehead atoms. The number of benzene rings is 2. The molecule has 1 heteroatoms. The Morgan fingerprint density at radius 1 is 0.944 bits per heavy atom. The van der Waals surface area contributed by atoms with Gasteiger partial charge in [0.1, 0.15) is 0 Å². The molecule has 0 aliphatic rings. The van der Waals surface area contributed by atoms with Gasteiger partial charge < -0.3 is 5.11 Å². The van der Waals surface area contributed by atoms with Crippen molar-refractivity contribution in [2.45, 2.75) is 18.4 Å². The van der Waals surface area contributed by atoms with Crippen molar-refractivity contribution in [3.63, 3.8) is 0 Å². The third kappa shape index (κ3) is 3.08. The second-order valence-electron chi connectivity index (χ2n) is 4.43. The lowest BCUT2D eigenvalue weighted by Gasteiger charge is -2.20. The van der Waals surface area contributed by atoms with Crippen LogP contribution in [0.15, 0.2) is 73.3 Å². The molecule has 0 unspecified atom stereocenters. The summed E-state index contributed by atoms with van der Waals surface area (Å²) < 4.78 is 0. The zero-order valence-electron chi connectivity index (χ0n) is 10.4. The highest BCUT2D eigenvalue weighted by atomic mass is 16.3. The summed E-state index contributed by atoms with van der Waals surface area (Å²) in [5.41, 5.74) is 2.25.